The molecule has 0 saturated heterocycles. The number of nitrogens with two attached hydrogens (primary N) is 1. The van der Waals surface area contributed by atoms with Gasteiger partial charge in [-0.3, -0.25) is 5.32 Å². The molecule has 0 bridgehead atoms. The van der Waals surface area contributed by atoms with E-state index in [1.807, 2.05) is 13.1 Å². The summed E-state index contributed by atoms with van der Waals surface area (Å²) in [5, 5.41) is 6.99. The maximum Gasteiger partial charge on any atom is 0.413 e. The first-order valence-corrected chi connectivity index (χ1v) is 11.4. The number of hydrogen-bond donors (Lipinski definition) is 3. The molecule has 4 N–H and O–H groups in total. The van der Waals surface area contributed by atoms with E-state index < -0.39 is 11.9 Å². The minimum absolute atomic E-state index is 0.0215. The fraction of sp³-hybridized carbons (Fsp3) is 0.360. The predicted octanol–water partition coefficient (Wildman–Crippen LogP) is 4.55. The summed E-state index contributed by atoms with van der Waals surface area (Å²) in [5.41, 5.74) is 8.53. The van der Waals surface area contributed by atoms with Crippen molar-refractivity contribution in [2.24, 2.45) is 10.4 Å². The third-order valence-electron chi connectivity index (χ3n) is 6.57. The van der Waals surface area contributed by atoms with E-state index in [0.29, 0.717) is 40.9 Å². The number of nitrogen functional groups attached to an aromatic ring is 1. The average molecular weight is 479 g/mol. The number of anilines is 3. The van der Waals surface area contributed by atoms with Crippen molar-refractivity contribution >= 4 is 40.3 Å². The Labute approximate surface area is 202 Å². The molecule has 1 fully saturated rings. The smallest absolute Gasteiger partial charge is 0.413 e. The number of aliphatic imine (C=N–C) groups is 1. The number of pyridine rings is 2. The van der Waals surface area contributed by atoms with Crippen molar-refractivity contribution in [1.29, 1.82) is 0 Å². The summed E-state index contributed by atoms with van der Waals surface area (Å²) >= 11 is 0. The van der Waals surface area contributed by atoms with Crippen LogP contribution >= 0.6 is 0 Å². The first-order valence-electron chi connectivity index (χ1n) is 11.4. The van der Waals surface area contributed by atoms with Gasteiger partial charge in [0, 0.05) is 54.1 Å². The summed E-state index contributed by atoms with van der Waals surface area (Å²) in [4.78, 5) is 25.0. The summed E-state index contributed by atoms with van der Waals surface area (Å²) in [6.45, 7) is 5.12. The van der Waals surface area contributed by atoms with Gasteiger partial charge in [-0.2, -0.15) is 0 Å². The van der Waals surface area contributed by atoms with Crippen LogP contribution in [0, 0.1) is 18.2 Å². The van der Waals surface area contributed by atoms with Gasteiger partial charge in [-0.1, -0.05) is 6.92 Å². The summed E-state index contributed by atoms with van der Waals surface area (Å²) < 4.78 is 26.4. The standard InChI is InChI=1S/C25H27FN6O3/c1-13-17(10-31-23-22(13)29-4-5-34-23)16-6-14-7-19(30-11-18(14)21(27)20(16)26)32-24(33)35-15-8-25(2,9-15)12-28-3/h6-7,10-12,15,29H,4-5,8-9,27H2,1-3H3,(H,30,32,33). The van der Waals surface area contributed by atoms with E-state index in [1.165, 1.54) is 6.20 Å². The molecule has 0 radical (unpaired) electrons. The van der Waals surface area contributed by atoms with Gasteiger partial charge in [-0.05, 0) is 42.8 Å². The molecular weight excluding hydrogens is 451 g/mol. The van der Waals surface area contributed by atoms with E-state index in [0.717, 1.165) is 24.1 Å². The lowest BCUT2D eigenvalue weighted by Gasteiger charge is -2.41. The quantitative estimate of drug-likeness (QED) is 0.371. The van der Waals surface area contributed by atoms with E-state index in [9.17, 15) is 4.79 Å². The molecule has 10 heteroatoms. The maximum atomic E-state index is 15.3. The zero-order valence-electron chi connectivity index (χ0n) is 19.8. The van der Waals surface area contributed by atoms with E-state index in [-0.39, 0.29) is 23.0 Å². The fourth-order valence-electron chi connectivity index (χ4n) is 4.82. The second kappa shape index (κ2) is 8.68. The van der Waals surface area contributed by atoms with Crippen molar-refractivity contribution in [3.05, 3.63) is 35.9 Å². The molecule has 3 aromatic rings. The van der Waals surface area contributed by atoms with Crippen LogP contribution in [0.1, 0.15) is 25.3 Å². The van der Waals surface area contributed by atoms with Crippen molar-refractivity contribution in [3.63, 3.8) is 0 Å². The largest absolute Gasteiger partial charge is 0.474 e. The molecule has 0 atom stereocenters. The Morgan fingerprint density at radius 2 is 2.14 bits per heavy atom. The predicted molar refractivity (Wildman–Crippen MR) is 134 cm³/mol. The molecule has 9 nitrogen and oxygen atoms in total. The maximum absolute atomic E-state index is 15.3. The lowest BCUT2D eigenvalue weighted by atomic mass is 9.69. The first-order chi connectivity index (χ1) is 16.8. The molecular formula is C25H27FN6O3. The highest BCUT2D eigenvalue weighted by Gasteiger charge is 2.41. The lowest BCUT2D eigenvalue weighted by Crippen LogP contribution is -2.43. The third-order valence-corrected chi connectivity index (χ3v) is 6.57. The van der Waals surface area contributed by atoms with Gasteiger partial charge in [0.15, 0.2) is 5.82 Å². The van der Waals surface area contributed by atoms with Gasteiger partial charge in [-0.25, -0.2) is 19.2 Å². The van der Waals surface area contributed by atoms with Gasteiger partial charge in [0.1, 0.15) is 24.2 Å². The van der Waals surface area contributed by atoms with Crippen molar-refractivity contribution < 1.29 is 18.7 Å². The normalized spacial score (nSPS) is 21.1. The Morgan fingerprint density at radius 1 is 1.34 bits per heavy atom. The summed E-state index contributed by atoms with van der Waals surface area (Å²) in [6.07, 6.45) is 5.59. The highest BCUT2D eigenvalue weighted by Crippen LogP contribution is 2.41. The molecule has 3 heterocycles. The van der Waals surface area contributed by atoms with Gasteiger partial charge >= 0.3 is 6.09 Å². The first kappa shape index (κ1) is 22.8. The van der Waals surface area contributed by atoms with Crippen molar-refractivity contribution in [2.75, 3.05) is 36.6 Å². The second-order valence-corrected chi connectivity index (χ2v) is 9.30. The average Bonchev–Trinajstić information content (AvgIpc) is 2.81. The van der Waals surface area contributed by atoms with Gasteiger partial charge in [0.25, 0.3) is 0 Å². The summed E-state index contributed by atoms with van der Waals surface area (Å²) in [7, 11) is 1.73. The number of aromatic nitrogens is 2. The molecule has 1 aliphatic carbocycles. The Bertz CT molecular complexity index is 1350. The van der Waals surface area contributed by atoms with Crippen LogP contribution in [0.15, 0.2) is 29.5 Å². The molecule has 1 amide bonds. The fourth-order valence-corrected chi connectivity index (χ4v) is 4.82. The van der Waals surface area contributed by atoms with Gasteiger partial charge < -0.3 is 25.5 Å². The number of carbonyl (C=O) groups is 1. The molecule has 5 rings (SSSR count). The number of rotatable bonds is 4. The number of amides is 1. The highest BCUT2D eigenvalue weighted by molar-refractivity contribution is 5.99. The van der Waals surface area contributed by atoms with Crippen molar-refractivity contribution in [1.82, 2.24) is 9.97 Å². The topological polar surface area (TPSA) is 124 Å². The molecule has 1 aliphatic heterocycles. The molecule has 0 unspecified atom stereocenters. The number of benzene rings is 1. The van der Waals surface area contributed by atoms with Gasteiger partial charge in [-0.15, -0.1) is 0 Å². The van der Waals surface area contributed by atoms with E-state index in [2.05, 4.69) is 32.5 Å². The highest BCUT2D eigenvalue weighted by atomic mass is 19.1. The lowest BCUT2D eigenvalue weighted by molar-refractivity contribution is 0.00910. The zero-order valence-corrected chi connectivity index (χ0v) is 19.8. The Morgan fingerprint density at radius 3 is 2.91 bits per heavy atom. The van der Waals surface area contributed by atoms with Crippen molar-refractivity contribution in [3.8, 4) is 17.0 Å². The van der Waals surface area contributed by atoms with Crippen LogP contribution in [0.3, 0.4) is 0 Å². The summed E-state index contributed by atoms with van der Waals surface area (Å²) in [6, 6.07) is 3.33. The van der Waals surface area contributed by atoms with E-state index >= 15 is 4.39 Å². The number of halogens is 1. The molecule has 1 aromatic carbocycles. The Balaban J connectivity index is 1.41. The monoisotopic (exact) mass is 478 g/mol. The van der Waals surface area contributed by atoms with Crippen LogP contribution in [-0.4, -0.2) is 48.6 Å². The summed E-state index contributed by atoms with van der Waals surface area (Å²) in [5.74, 6) is 0.228. The molecule has 35 heavy (non-hydrogen) atoms. The molecule has 182 valence electrons. The van der Waals surface area contributed by atoms with Crippen molar-refractivity contribution in [2.45, 2.75) is 32.8 Å². The van der Waals surface area contributed by atoms with Crippen LogP contribution in [0.5, 0.6) is 5.88 Å². The Hall–Kier alpha value is -3.95. The van der Waals surface area contributed by atoms with Gasteiger partial charge in [0.2, 0.25) is 5.88 Å². The minimum atomic E-state index is -0.589. The number of nitrogens with zero attached hydrogens (tertiary/aromatic N) is 3. The molecule has 2 aromatic heterocycles. The van der Waals surface area contributed by atoms with Crippen LogP contribution < -0.4 is 21.1 Å². The molecule has 1 saturated carbocycles. The zero-order chi connectivity index (χ0) is 24.7. The number of nitrogens with one attached hydrogen (secondary N) is 2. The molecule has 2 aliphatic rings. The number of carbonyl (C=O) groups excluding carboxylic acids is 1. The van der Waals surface area contributed by atoms with E-state index in [1.54, 1.807) is 25.4 Å². The number of fused-ring (bicyclic) bond motifs is 2. The third kappa shape index (κ3) is 4.20. The minimum Gasteiger partial charge on any atom is -0.474 e. The SMILES string of the molecule is CN=CC1(C)CC(OC(=O)Nc2cc3cc(-c4cnc5c(c4C)NCCO5)c(F)c(N)c3cn2)C1. The van der Waals surface area contributed by atoms with Gasteiger partial charge in [0.05, 0.1) is 5.69 Å². The van der Waals surface area contributed by atoms with Crippen LogP contribution in [0.4, 0.5) is 26.4 Å². The van der Waals surface area contributed by atoms with Crippen LogP contribution in [0.2, 0.25) is 0 Å². The number of ether oxygens (including phenoxy) is 2. The molecule has 0 spiro atoms. The van der Waals surface area contributed by atoms with Crippen LogP contribution in [0.25, 0.3) is 21.9 Å². The Kier molecular flexibility index (Phi) is 5.66. The van der Waals surface area contributed by atoms with E-state index in [4.69, 9.17) is 15.2 Å². The van der Waals surface area contributed by atoms with Crippen LogP contribution in [-0.2, 0) is 4.74 Å². The second-order valence-electron chi connectivity index (χ2n) is 9.30. The number of hydrogen-bond acceptors (Lipinski definition) is 8.